The third-order valence-electron chi connectivity index (χ3n) is 3.77. The Kier molecular flexibility index (Phi) is 5.12. The minimum absolute atomic E-state index is 0.130. The molecule has 1 unspecified atom stereocenters. The van der Waals surface area contributed by atoms with Crippen molar-refractivity contribution in [2.45, 2.75) is 31.9 Å². The molecule has 1 heterocycles. The number of nitrogens with zero attached hydrogens (tertiary/aromatic N) is 1. The average Bonchev–Trinajstić information content (AvgIpc) is 2.50. The van der Waals surface area contributed by atoms with Crippen molar-refractivity contribution in [3.05, 3.63) is 29.8 Å². The molecule has 0 aromatic heterocycles. The fraction of sp³-hybridized carbons (Fsp3) is 0.533. The number of halogens is 2. The van der Waals surface area contributed by atoms with Gasteiger partial charge in [-0.05, 0) is 38.9 Å². The highest BCUT2D eigenvalue weighted by atomic mass is 19.2. The van der Waals surface area contributed by atoms with Gasteiger partial charge in [-0.15, -0.1) is 0 Å². The van der Waals surface area contributed by atoms with E-state index in [4.69, 9.17) is 4.74 Å². The highest BCUT2D eigenvalue weighted by Gasteiger charge is 2.26. The molecule has 0 saturated carbocycles. The van der Waals surface area contributed by atoms with Crippen LogP contribution in [-0.2, 0) is 4.79 Å². The van der Waals surface area contributed by atoms with Gasteiger partial charge in [0.05, 0.1) is 0 Å². The number of carbonyl (C=O) groups excluding carboxylic acids is 1. The highest BCUT2D eigenvalue weighted by Crippen LogP contribution is 2.18. The van der Waals surface area contributed by atoms with Crippen LogP contribution in [0.15, 0.2) is 18.2 Å². The first-order valence-electron chi connectivity index (χ1n) is 7.09. The molecule has 1 fully saturated rings. The summed E-state index contributed by atoms with van der Waals surface area (Å²) in [6.45, 7) is 2.97. The zero-order valence-electron chi connectivity index (χ0n) is 12.2. The molecular formula is C15H20F2N2O2. The van der Waals surface area contributed by atoms with Gasteiger partial charge in [-0.2, -0.15) is 0 Å². The molecule has 0 aliphatic carbocycles. The Hall–Kier alpha value is -1.69. The molecule has 116 valence electrons. The van der Waals surface area contributed by atoms with Crippen molar-refractivity contribution in [1.82, 2.24) is 10.2 Å². The molecule has 0 spiro atoms. The zero-order valence-corrected chi connectivity index (χ0v) is 12.2. The van der Waals surface area contributed by atoms with Crippen molar-refractivity contribution >= 4 is 5.91 Å². The van der Waals surface area contributed by atoms with Crippen LogP contribution in [0, 0.1) is 11.6 Å². The molecule has 1 saturated heterocycles. The second-order valence-corrected chi connectivity index (χ2v) is 5.22. The highest BCUT2D eigenvalue weighted by molar-refractivity contribution is 5.81. The molecule has 21 heavy (non-hydrogen) atoms. The van der Waals surface area contributed by atoms with Crippen LogP contribution >= 0.6 is 0 Å². The first-order chi connectivity index (χ1) is 10.0. The SMILES string of the molecule is CNC1CCN(C(=O)C(C)Oc2ccc(F)c(F)c2)CC1. The van der Waals surface area contributed by atoms with Crippen LogP contribution in [0.1, 0.15) is 19.8 Å². The minimum Gasteiger partial charge on any atom is -0.481 e. The summed E-state index contributed by atoms with van der Waals surface area (Å²) in [6.07, 6.45) is 1.08. The van der Waals surface area contributed by atoms with Crippen molar-refractivity contribution in [3.8, 4) is 5.75 Å². The predicted molar refractivity (Wildman–Crippen MR) is 75.1 cm³/mol. The molecular weight excluding hydrogens is 278 g/mol. The Morgan fingerprint density at radius 1 is 1.33 bits per heavy atom. The number of rotatable bonds is 4. The third-order valence-corrected chi connectivity index (χ3v) is 3.77. The molecule has 1 amide bonds. The van der Waals surface area contributed by atoms with Gasteiger partial charge in [0.15, 0.2) is 17.7 Å². The van der Waals surface area contributed by atoms with E-state index in [1.807, 2.05) is 7.05 Å². The summed E-state index contributed by atoms with van der Waals surface area (Å²) in [5.74, 6) is -1.90. The molecule has 1 aliphatic rings. The van der Waals surface area contributed by atoms with Gasteiger partial charge in [0.2, 0.25) is 0 Å². The van der Waals surface area contributed by atoms with Crippen LogP contribution in [0.2, 0.25) is 0 Å². The van der Waals surface area contributed by atoms with E-state index in [-0.39, 0.29) is 11.7 Å². The molecule has 2 rings (SSSR count). The van der Waals surface area contributed by atoms with Crippen molar-refractivity contribution < 1.29 is 18.3 Å². The van der Waals surface area contributed by atoms with Gasteiger partial charge in [0.1, 0.15) is 5.75 Å². The van der Waals surface area contributed by atoms with E-state index in [2.05, 4.69) is 5.32 Å². The maximum absolute atomic E-state index is 13.1. The topological polar surface area (TPSA) is 41.6 Å². The number of hydrogen-bond donors (Lipinski definition) is 1. The normalized spacial score (nSPS) is 17.6. The fourth-order valence-electron chi connectivity index (χ4n) is 2.45. The second-order valence-electron chi connectivity index (χ2n) is 5.22. The second kappa shape index (κ2) is 6.85. The molecule has 4 nitrogen and oxygen atoms in total. The lowest BCUT2D eigenvalue weighted by Gasteiger charge is -2.33. The summed E-state index contributed by atoms with van der Waals surface area (Å²) in [6, 6.07) is 3.69. The van der Waals surface area contributed by atoms with Crippen LogP contribution in [0.4, 0.5) is 8.78 Å². The van der Waals surface area contributed by atoms with E-state index in [0.29, 0.717) is 19.1 Å². The van der Waals surface area contributed by atoms with Gasteiger partial charge in [0, 0.05) is 25.2 Å². The van der Waals surface area contributed by atoms with Gasteiger partial charge in [-0.3, -0.25) is 4.79 Å². The number of hydrogen-bond acceptors (Lipinski definition) is 3. The number of amides is 1. The maximum Gasteiger partial charge on any atom is 0.263 e. The Bertz CT molecular complexity index is 502. The molecule has 0 bridgehead atoms. The summed E-state index contributed by atoms with van der Waals surface area (Å²) in [4.78, 5) is 14.0. The molecule has 1 aliphatic heterocycles. The fourth-order valence-corrected chi connectivity index (χ4v) is 2.45. The summed E-state index contributed by atoms with van der Waals surface area (Å²) in [7, 11) is 1.91. The molecule has 1 N–H and O–H groups in total. The summed E-state index contributed by atoms with van der Waals surface area (Å²) in [5, 5.41) is 3.20. The number of nitrogens with one attached hydrogen (secondary N) is 1. The van der Waals surface area contributed by atoms with Gasteiger partial charge >= 0.3 is 0 Å². The Labute approximate surface area is 123 Å². The summed E-state index contributed by atoms with van der Waals surface area (Å²) in [5.41, 5.74) is 0. The quantitative estimate of drug-likeness (QED) is 0.923. The Balaban J connectivity index is 1.92. The molecule has 0 radical (unpaired) electrons. The molecule has 1 atom stereocenters. The lowest BCUT2D eigenvalue weighted by molar-refractivity contribution is -0.139. The smallest absolute Gasteiger partial charge is 0.263 e. The first-order valence-corrected chi connectivity index (χ1v) is 7.09. The number of likely N-dealkylation sites (tertiary alicyclic amines) is 1. The molecule has 1 aromatic rings. The van der Waals surface area contributed by atoms with Gasteiger partial charge in [-0.1, -0.05) is 0 Å². The van der Waals surface area contributed by atoms with E-state index in [9.17, 15) is 13.6 Å². The predicted octanol–water partition coefficient (Wildman–Crippen LogP) is 1.94. The van der Waals surface area contributed by atoms with Crippen LogP contribution in [0.25, 0.3) is 0 Å². The summed E-state index contributed by atoms with van der Waals surface area (Å²) < 4.78 is 31.4. The van der Waals surface area contributed by atoms with Gasteiger partial charge < -0.3 is 15.0 Å². The van der Waals surface area contributed by atoms with Crippen LogP contribution < -0.4 is 10.1 Å². The van der Waals surface area contributed by atoms with Crippen molar-refractivity contribution in [2.24, 2.45) is 0 Å². The average molecular weight is 298 g/mol. The monoisotopic (exact) mass is 298 g/mol. The maximum atomic E-state index is 13.1. The summed E-state index contributed by atoms with van der Waals surface area (Å²) >= 11 is 0. The number of carbonyl (C=O) groups is 1. The van der Waals surface area contributed by atoms with E-state index >= 15 is 0 Å². The van der Waals surface area contributed by atoms with Crippen molar-refractivity contribution in [3.63, 3.8) is 0 Å². The standard InChI is InChI=1S/C15H20F2N2O2/c1-10(21-12-3-4-13(16)14(17)9-12)15(20)19-7-5-11(18-2)6-8-19/h3-4,9-11,18H,5-8H2,1-2H3. The van der Waals surface area contributed by atoms with E-state index in [1.54, 1.807) is 11.8 Å². The van der Waals surface area contributed by atoms with Crippen LogP contribution in [0.3, 0.4) is 0 Å². The number of ether oxygens (including phenoxy) is 1. The van der Waals surface area contributed by atoms with Crippen LogP contribution in [0.5, 0.6) is 5.75 Å². The minimum atomic E-state index is -0.984. The van der Waals surface area contributed by atoms with Crippen LogP contribution in [-0.4, -0.2) is 43.1 Å². The zero-order chi connectivity index (χ0) is 15.4. The first kappa shape index (κ1) is 15.7. The van der Waals surface area contributed by atoms with Crippen molar-refractivity contribution in [2.75, 3.05) is 20.1 Å². The largest absolute Gasteiger partial charge is 0.481 e. The van der Waals surface area contributed by atoms with Gasteiger partial charge in [0.25, 0.3) is 5.91 Å². The van der Waals surface area contributed by atoms with E-state index in [0.717, 1.165) is 25.0 Å². The van der Waals surface area contributed by atoms with E-state index < -0.39 is 17.7 Å². The third kappa shape index (κ3) is 3.91. The Morgan fingerprint density at radius 2 is 2.00 bits per heavy atom. The number of piperidine rings is 1. The van der Waals surface area contributed by atoms with Gasteiger partial charge in [-0.25, -0.2) is 8.78 Å². The lowest BCUT2D eigenvalue weighted by atomic mass is 10.0. The molecule has 6 heteroatoms. The lowest BCUT2D eigenvalue weighted by Crippen LogP contribution is -2.48. The number of benzene rings is 1. The molecule has 1 aromatic carbocycles. The van der Waals surface area contributed by atoms with Crippen molar-refractivity contribution in [1.29, 1.82) is 0 Å². The van der Waals surface area contributed by atoms with E-state index in [1.165, 1.54) is 6.07 Å². The Morgan fingerprint density at radius 3 is 2.57 bits per heavy atom.